The van der Waals surface area contributed by atoms with Crippen molar-refractivity contribution in [2.24, 2.45) is 0 Å². The lowest BCUT2D eigenvalue weighted by Gasteiger charge is -2.06. The monoisotopic (exact) mass is 338 g/mol. The molecule has 0 aliphatic rings. The van der Waals surface area contributed by atoms with Gasteiger partial charge in [0, 0.05) is 15.9 Å². The molecule has 0 spiro atoms. The molecule has 1 aromatic rings. The lowest BCUT2D eigenvalue weighted by molar-refractivity contribution is 0.0995. The zero-order valence-corrected chi connectivity index (χ0v) is 11.5. The van der Waals surface area contributed by atoms with E-state index < -0.39 is 0 Å². The van der Waals surface area contributed by atoms with Gasteiger partial charge in [0.1, 0.15) is 0 Å². The average Bonchev–Trinajstić information content (AvgIpc) is 2.16. The molecule has 76 valence electrons. The first-order valence-corrected chi connectivity index (χ1v) is 6.33. The summed E-state index contributed by atoms with van der Waals surface area (Å²) in [6.07, 6.45) is 0. The molecule has 1 unspecified atom stereocenters. The van der Waals surface area contributed by atoms with Crippen molar-refractivity contribution in [3.63, 3.8) is 0 Å². The molecule has 1 aromatic carbocycles. The molecule has 1 rings (SSSR count). The van der Waals surface area contributed by atoms with E-state index in [2.05, 4.69) is 31.9 Å². The maximum atomic E-state index is 11.7. The van der Waals surface area contributed by atoms with E-state index in [0.29, 0.717) is 11.4 Å². The van der Waals surface area contributed by atoms with E-state index in [1.165, 1.54) is 0 Å². The third kappa shape index (κ3) is 2.81. The van der Waals surface area contributed by atoms with Gasteiger partial charge in [-0.25, -0.2) is 0 Å². The van der Waals surface area contributed by atoms with Crippen molar-refractivity contribution in [2.75, 3.05) is 0 Å². The SMILES string of the molecule is CC(Br)C(=O)c1ccc(CCl)cc1Br. The van der Waals surface area contributed by atoms with Crippen LogP contribution in [-0.4, -0.2) is 10.6 Å². The molecule has 4 heteroatoms. The summed E-state index contributed by atoms with van der Waals surface area (Å²) in [6.45, 7) is 1.81. The highest BCUT2D eigenvalue weighted by atomic mass is 79.9. The first-order valence-electron chi connectivity index (χ1n) is 4.09. The van der Waals surface area contributed by atoms with Crippen LogP contribution in [0.25, 0.3) is 0 Å². The molecule has 14 heavy (non-hydrogen) atoms. The van der Waals surface area contributed by atoms with Crippen LogP contribution in [0.4, 0.5) is 0 Å². The van der Waals surface area contributed by atoms with E-state index in [1.807, 2.05) is 19.1 Å². The lowest BCUT2D eigenvalue weighted by atomic mass is 10.1. The van der Waals surface area contributed by atoms with Crippen LogP contribution in [0.3, 0.4) is 0 Å². The van der Waals surface area contributed by atoms with E-state index >= 15 is 0 Å². The van der Waals surface area contributed by atoms with Gasteiger partial charge in [-0.3, -0.25) is 4.79 Å². The summed E-state index contributed by atoms with van der Waals surface area (Å²) in [5.41, 5.74) is 1.68. The van der Waals surface area contributed by atoms with Gasteiger partial charge in [0.15, 0.2) is 5.78 Å². The van der Waals surface area contributed by atoms with Crippen molar-refractivity contribution < 1.29 is 4.79 Å². The third-order valence-electron chi connectivity index (χ3n) is 1.81. The first-order chi connectivity index (χ1) is 6.56. The highest BCUT2D eigenvalue weighted by molar-refractivity contribution is 9.10. The van der Waals surface area contributed by atoms with Gasteiger partial charge >= 0.3 is 0 Å². The Bertz CT molecular complexity index is 350. The van der Waals surface area contributed by atoms with Gasteiger partial charge in [-0.1, -0.05) is 37.9 Å². The van der Waals surface area contributed by atoms with Crippen molar-refractivity contribution in [3.8, 4) is 0 Å². The highest BCUT2D eigenvalue weighted by Crippen LogP contribution is 2.22. The van der Waals surface area contributed by atoms with Crippen molar-refractivity contribution >= 4 is 49.2 Å². The van der Waals surface area contributed by atoms with Gasteiger partial charge < -0.3 is 0 Å². The Morgan fingerprint density at radius 2 is 2.21 bits per heavy atom. The average molecular weight is 340 g/mol. The summed E-state index contributed by atoms with van der Waals surface area (Å²) in [6, 6.07) is 5.53. The maximum Gasteiger partial charge on any atom is 0.177 e. The predicted octanol–water partition coefficient (Wildman–Crippen LogP) is 4.15. The largest absolute Gasteiger partial charge is 0.293 e. The molecule has 0 amide bonds. The Hall–Kier alpha value is 0.140. The number of ketones is 1. The first kappa shape index (κ1) is 12.2. The van der Waals surface area contributed by atoms with E-state index in [4.69, 9.17) is 11.6 Å². The Balaban J connectivity index is 3.06. The van der Waals surface area contributed by atoms with Gasteiger partial charge in [0.05, 0.1) is 4.83 Å². The van der Waals surface area contributed by atoms with Gasteiger partial charge in [-0.15, -0.1) is 11.6 Å². The van der Waals surface area contributed by atoms with Gasteiger partial charge in [0.2, 0.25) is 0 Å². The van der Waals surface area contributed by atoms with Crippen LogP contribution in [0.1, 0.15) is 22.8 Å². The molecule has 0 fully saturated rings. The van der Waals surface area contributed by atoms with Crippen LogP contribution in [-0.2, 0) is 5.88 Å². The number of carbonyl (C=O) groups excluding carboxylic acids is 1. The van der Waals surface area contributed by atoms with Crippen LogP contribution >= 0.6 is 43.5 Å². The molecule has 0 aliphatic carbocycles. The van der Waals surface area contributed by atoms with Gasteiger partial charge in [-0.05, 0) is 24.6 Å². The molecule has 0 heterocycles. The van der Waals surface area contributed by atoms with E-state index in [0.717, 1.165) is 10.0 Å². The minimum Gasteiger partial charge on any atom is -0.293 e. The molecule has 0 aliphatic heterocycles. The molecule has 0 radical (unpaired) electrons. The second kappa shape index (κ2) is 5.29. The molecule has 0 saturated heterocycles. The van der Waals surface area contributed by atoms with Gasteiger partial charge in [0.25, 0.3) is 0 Å². The Morgan fingerprint density at radius 1 is 1.57 bits per heavy atom. The Labute approximate surface area is 105 Å². The molecule has 0 saturated carbocycles. The minimum atomic E-state index is -0.166. The number of alkyl halides is 2. The summed E-state index contributed by atoms with van der Waals surface area (Å²) in [7, 11) is 0. The zero-order chi connectivity index (χ0) is 10.7. The van der Waals surface area contributed by atoms with Crippen LogP contribution < -0.4 is 0 Å². The zero-order valence-electron chi connectivity index (χ0n) is 7.56. The predicted molar refractivity (Wildman–Crippen MR) is 66.4 cm³/mol. The minimum absolute atomic E-state index is 0.0676. The summed E-state index contributed by atoms with van der Waals surface area (Å²) in [4.78, 5) is 11.5. The molecular weight excluding hydrogens is 331 g/mol. The normalized spacial score (nSPS) is 12.6. The smallest absolute Gasteiger partial charge is 0.177 e. The van der Waals surface area contributed by atoms with Crippen molar-refractivity contribution in [1.82, 2.24) is 0 Å². The highest BCUT2D eigenvalue weighted by Gasteiger charge is 2.14. The van der Waals surface area contributed by atoms with E-state index in [1.54, 1.807) is 6.07 Å². The summed E-state index contributed by atoms with van der Waals surface area (Å²) in [5.74, 6) is 0.523. The summed E-state index contributed by atoms with van der Waals surface area (Å²) < 4.78 is 0.798. The van der Waals surface area contributed by atoms with E-state index in [-0.39, 0.29) is 10.6 Å². The Morgan fingerprint density at radius 3 is 2.64 bits per heavy atom. The number of Topliss-reactive ketones (excluding diaryl/α,β-unsaturated/α-hetero) is 1. The second-order valence-electron chi connectivity index (χ2n) is 2.93. The second-order valence-corrected chi connectivity index (χ2v) is 5.42. The quantitative estimate of drug-likeness (QED) is 0.597. The van der Waals surface area contributed by atoms with Crippen LogP contribution in [0, 0.1) is 0 Å². The van der Waals surface area contributed by atoms with Gasteiger partial charge in [-0.2, -0.15) is 0 Å². The molecule has 0 aromatic heterocycles. The van der Waals surface area contributed by atoms with Crippen molar-refractivity contribution in [1.29, 1.82) is 0 Å². The topological polar surface area (TPSA) is 17.1 Å². The van der Waals surface area contributed by atoms with Crippen LogP contribution in [0.2, 0.25) is 0 Å². The Kier molecular flexibility index (Phi) is 4.61. The summed E-state index contributed by atoms with van der Waals surface area (Å²) in [5, 5.41) is 0. The molecule has 0 N–H and O–H groups in total. The van der Waals surface area contributed by atoms with Crippen molar-refractivity contribution in [3.05, 3.63) is 33.8 Å². The lowest BCUT2D eigenvalue weighted by Crippen LogP contribution is -2.10. The number of halogens is 3. The standard InChI is InChI=1S/C10H9Br2ClO/c1-6(11)10(14)8-3-2-7(5-13)4-9(8)12/h2-4,6H,5H2,1H3. The van der Waals surface area contributed by atoms with E-state index in [9.17, 15) is 4.79 Å². The molecule has 1 atom stereocenters. The number of hydrogen-bond donors (Lipinski definition) is 0. The maximum absolute atomic E-state index is 11.7. The number of rotatable bonds is 3. The summed E-state index contributed by atoms with van der Waals surface area (Å²) >= 11 is 12.3. The molecule has 1 nitrogen and oxygen atoms in total. The number of benzene rings is 1. The number of carbonyl (C=O) groups is 1. The fourth-order valence-electron chi connectivity index (χ4n) is 1.06. The van der Waals surface area contributed by atoms with Crippen LogP contribution in [0.5, 0.6) is 0 Å². The fraction of sp³-hybridized carbons (Fsp3) is 0.300. The number of hydrogen-bond acceptors (Lipinski definition) is 1. The van der Waals surface area contributed by atoms with Crippen molar-refractivity contribution in [2.45, 2.75) is 17.6 Å². The van der Waals surface area contributed by atoms with Crippen LogP contribution in [0.15, 0.2) is 22.7 Å². The molecule has 0 bridgehead atoms. The fourth-order valence-corrected chi connectivity index (χ4v) is 2.09. The third-order valence-corrected chi connectivity index (χ3v) is 3.20. The molecular formula is C10H9Br2ClO.